The first-order chi connectivity index (χ1) is 14.7. The fourth-order valence-electron chi connectivity index (χ4n) is 3.26. The van der Waals surface area contributed by atoms with Crippen LogP contribution in [0.3, 0.4) is 0 Å². The highest BCUT2D eigenvalue weighted by Crippen LogP contribution is 2.27. The Kier molecular flexibility index (Phi) is 4.33. The lowest BCUT2D eigenvalue weighted by atomic mass is 10.1. The summed E-state index contributed by atoms with van der Waals surface area (Å²) in [7, 11) is 0. The number of hydrogen-bond donors (Lipinski definition) is 2. The van der Waals surface area contributed by atoms with Gasteiger partial charge in [-0.05, 0) is 43.3 Å². The van der Waals surface area contributed by atoms with Gasteiger partial charge in [-0.25, -0.2) is 9.67 Å². The van der Waals surface area contributed by atoms with E-state index in [1.807, 2.05) is 79.7 Å². The molecule has 7 nitrogen and oxygen atoms in total. The quantitative estimate of drug-likeness (QED) is 0.474. The van der Waals surface area contributed by atoms with Gasteiger partial charge in [0.1, 0.15) is 5.82 Å². The first-order valence-corrected chi connectivity index (χ1v) is 9.52. The third kappa shape index (κ3) is 3.33. The van der Waals surface area contributed by atoms with Gasteiger partial charge in [0.25, 0.3) is 5.91 Å². The molecule has 0 saturated heterocycles. The molecule has 0 bridgehead atoms. The van der Waals surface area contributed by atoms with Gasteiger partial charge in [0, 0.05) is 5.56 Å². The van der Waals surface area contributed by atoms with Crippen LogP contribution >= 0.6 is 0 Å². The van der Waals surface area contributed by atoms with Gasteiger partial charge in [-0.3, -0.25) is 4.79 Å². The molecule has 0 aliphatic rings. The number of nitrogens with one attached hydrogen (secondary N) is 2. The number of nitrogens with zero attached hydrogens (tertiary/aromatic N) is 4. The maximum absolute atomic E-state index is 12.8. The highest BCUT2D eigenvalue weighted by molar-refractivity contribution is 6.04. The van der Waals surface area contributed by atoms with E-state index in [0.29, 0.717) is 11.5 Å². The summed E-state index contributed by atoms with van der Waals surface area (Å²) >= 11 is 0. The molecule has 5 aromatic rings. The number of imidazole rings is 1. The lowest BCUT2D eigenvalue weighted by Crippen LogP contribution is -2.13. The summed E-state index contributed by atoms with van der Waals surface area (Å²) in [6.07, 6.45) is 1.61. The van der Waals surface area contributed by atoms with Gasteiger partial charge in [0.15, 0.2) is 5.69 Å². The second-order valence-electron chi connectivity index (χ2n) is 6.99. The molecule has 0 radical (unpaired) electrons. The number of hydrogen-bond acceptors (Lipinski definition) is 4. The Balaban J connectivity index is 1.42. The fourth-order valence-corrected chi connectivity index (χ4v) is 3.26. The summed E-state index contributed by atoms with van der Waals surface area (Å²) in [6, 6.07) is 23.2. The molecule has 0 spiro atoms. The van der Waals surface area contributed by atoms with Crippen LogP contribution in [0.15, 0.2) is 79.0 Å². The van der Waals surface area contributed by atoms with Crippen molar-refractivity contribution in [2.75, 3.05) is 5.32 Å². The van der Waals surface area contributed by atoms with Gasteiger partial charge >= 0.3 is 0 Å². The summed E-state index contributed by atoms with van der Waals surface area (Å²) in [5.41, 5.74) is 5.48. The molecule has 3 aromatic carbocycles. The highest BCUT2D eigenvalue weighted by Gasteiger charge is 2.15. The minimum Gasteiger partial charge on any atom is -0.338 e. The molecule has 2 aromatic heterocycles. The first kappa shape index (κ1) is 17.8. The van der Waals surface area contributed by atoms with E-state index < -0.39 is 0 Å². The van der Waals surface area contributed by atoms with Gasteiger partial charge in [0.2, 0.25) is 0 Å². The van der Waals surface area contributed by atoms with Gasteiger partial charge in [0.05, 0.1) is 28.6 Å². The molecular formula is C23H18N6O. The number of carbonyl (C=O) groups is 1. The van der Waals surface area contributed by atoms with Gasteiger partial charge in [-0.2, -0.15) is 0 Å². The summed E-state index contributed by atoms with van der Waals surface area (Å²) < 4.78 is 1.58. The van der Waals surface area contributed by atoms with Crippen LogP contribution in [0.2, 0.25) is 0 Å². The molecule has 0 aliphatic carbocycles. The Hall–Kier alpha value is -4.26. The molecule has 0 fully saturated rings. The lowest BCUT2D eigenvalue weighted by molar-refractivity contribution is 0.102. The van der Waals surface area contributed by atoms with Crippen LogP contribution < -0.4 is 5.32 Å². The zero-order chi connectivity index (χ0) is 20.5. The van der Waals surface area contributed by atoms with Crippen molar-refractivity contribution in [1.82, 2.24) is 25.0 Å². The summed E-state index contributed by atoms with van der Waals surface area (Å²) in [4.78, 5) is 20.7. The van der Waals surface area contributed by atoms with E-state index in [2.05, 4.69) is 25.6 Å². The third-order valence-electron chi connectivity index (χ3n) is 4.84. The van der Waals surface area contributed by atoms with Crippen molar-refractivity contribution in [3.05, 3.63) is 90.3 Å². The number of rotatable bonds is 4. The Morgan fingerprint density at radius 3 is 2.57 bits per heavy atom. The molecule has 2 heterocycles. The van der Waals surface area contributed by atoms with E-state index in [1.54, 1.807) is 10.9 Å². The standard InChI is InChI=1S/C23H18N6O/c1-15-10-12-16(13-11-15)29-14-21(27-28-29)23(30)26-18-7-3-2-6-17(18)22-24-19-8-4-5-9-20(19)25-22/h2-14H,1H3,(H,24,25)(H,26,30). The molecule has 0 unspecified atom stereocenters. The number of aromatic amines is 1. The van der Waals surface area contributed by atoms with E-state index in [0.717, 1.165) is 27.8 Å². The minimum absolute atomic E-state index is 0.231. The van der Waals surface area contributed by atoms with E-state index in [1.165, 1.54) is 0 Å². The van der Waals surface area contributed by atoms with E-state index in [-0.39, 0.29) is 11.6 Å². The molecule has 7 heteroatoms. The molecule has 2 N–H and O–H groups in total. The molecule has 0 saturated carbocycles. The van der Waals surface area contributed by atoms with Crippen LogP contribution in [0.25, 0.3) is 28.1 Å². The summed E-state index contributed by atoms with van der Waals surface area (Å²) in [5, 5.41) is 11.0. The monoisotopic (exact) mass is 394 g/mol. The Morgan fingerprint density at radius 2 is 1.73 bits per heavy atom. The number of para-hydroxylation sites is 3. The van der Waals surface area contributed by atoms with Crippen molar-refractivity contribution in [1.29, 1.82) is 0 Å². The molecule has 0 atom stereocenters. The Bertz CT molecular complexity index is 1320. The molecule has 1 amide bonds. The van der Waals surface area contributed by atoms with Crippen molar-refractivity contribution in [3.8, 4) is 17.1 Å². The molecule has 5 rings (SSSR count). The van der Waals surface area contributed by atoms with Gasteiger partial charge in [-0.15, -0.1) is 5.10 Å². The number of carbonyl (C=O) groups excluding carboxylic acids is 1. The molecule has 146 valence electrons. The van der Waals surface area contributed by atoms with Crippen LogP contribution in [0.5, 0.6) is 0 Å². The zero-order valence-electron chi connectivity index (χ0n) is 16.2. The van der Waals surface area contributed by atoms with Crippen molar-refractivity contribution in [3.63, 3.8) is 0 Å². The normalized spacial score (nSPS) is 11.0. The van der Waals surface area contributed by atoms with Gasteiger partial charge in [-0.1, -0.05) is 47.2 Å². The minimum atomic E-state index is -0.336. The maximum Gasteiger partial charge on any atom is 0.277 e. The third-order valence-corrected chi connectivity index (χ3v) is 4.84. The van der Waals surface area contributed by atoms with Crippen LogP contribution in [0.4, 0.5) is 5.69 Å². The Morgan fingerprint density at radius 1 is 0.967 bits per heavy atom. The fraction of sp³-hybridized carbons (Fsp3) is 0.0435. The summed E-state index contributed by atoms with van der Waals surface area (Å²) in [5.74, 6) is 0.354. The Labute approximate surface area is 172 Å². The van der Waals surface area contributed by atoms with Crippen molar-refractivity contribution >= 4 is 22.6 Å². The molecule has 30 heavy (non-hydrogen) atoms. The number of amides is 1. The van der Waals surface area contributed by atoms with Crippen LogP contribution in [-0.4, -0.2) is 30.9 Å². The number of aromatic nitrogens is 5. The van der Waals surface area contributed by atoms with Gasteiger partial charge < -0.3 is 10.3 Å². The average Bonchev–Trinajstić information content (AvgIpc) is 3.42. The van der Waals surface area contributed by atoms with Crippen molar-refractivity contribution in [2.24, 2.45) is 0 Å². The topological polar surface area (TPSA) is 88.5 Å². The van der Waals surface area contributed by atoms with Crippen LogP contribution in [0, 0.1) is 6.92 Å². The van der Waals surface area contributed by atoms with E-state index in [4.69, 9.17) is 0 Å². The number of anilines is 1. The number of aryl methyl sites for hydroxylation is 1. The average molecular weight is 394 g/mol. The number of fused-ring (bicyclic) bond motifs is 1. The lowest BCUT2D eigenvalue weighted by Gasteiger charge is -2.08. The second-order valence-corrected chi connectivity index (χ2v) is 6.99. The zero-order valence-corrected chi connectivity index (χ0v) is 16.2. The first-order valence-electron chi connectivity index (χ1n) is 9.52. The molecule has 0 aliphatic heterocycles. The predicted molar refractivity (Wildman–Crippen MR) is 116 cm³/mol. The van der Waals surface area contributed by atoms with E-state index >= 15 is 0 Å². The van der Waals surface area contributed by atoms with Crippen molar-refractivity contribution < 1.29 is 4.79 Å². The predicted octanol–water partition coefficient (Wildman–Crippen LogP) is 4.37. The number of benzene rings is 3. The highest BCUT2D eigenvalue weighted by atomic mass is 16.2. The van der Waals surface area contributed by atoms with Crippen molar-refractivity contribution in [2.45, 2.75) is 6.92 Å². The molecular weight excluding hydrogens is 376 g/mol. The largest absolute Gasteiger partial charge is 0.338 e. The second kappa shape index (κ2) is 7.29. The van der Waals surface area contributed by atoms with E-state index in [9.17, 15) is 4.79 Å². The smallest absolute Gasteiger partial charge is 0.277 e. The SMILES string of the molecule is Cc1ccc(-n2cc(C(=O)Nc3ccccc3-c3nc4ccccc4[nH]3)nn2)cc1. The van der Waals surface area contributed by atoms with Crippen LogP contribution in [-0.2, 0) is 0 Å². The maximum atomic E-state index is 12.8. The number of H-pyrrole nitrogens is 1. The van der Waals surface area contributed by atoms with Crippen LogP contribution in [0.1, 0.15) is 16.1 Å². The summed E-state index contributed by atoms with van der Waals surface area (Å²) in [6.45, 7) is 2.02.